The molecule has 0 heterocycles. The average Bonchev–Trinajstić information content (AvgIpc) is 2.66. The third-order valence-corrected chi connectivity index (χ3v) is 4.30. The summed E-state index contributed by atoms with van der Waals surface area (Å²) in [6, 6.07) is 0. The lowest BCUT2D eigenvalue weighted by molar-refractivity contribution is -0.0692. The Labute approximate surface area is 162 Å². The van der Waals surface area contributed by atoms with E-state index < -0.39 is 0 Å². The first kappa shape index (κ1) is 25.1. The Kier molecular flexibility index (Phi) is 19.7. The SMILES string of the molecule is CCCCCCCCC(OCCCCC)=C(OCCCCC)OCOC. The summed E-state index contributed by atoms with van der Waals surface area (Å²) in [6.07, 6.45) is 15.3. The van der Waals surface area contributed by atoms with E-state index in [1.54, 1.807) is 7.11 Å². The van der Waals surface area contributed by atoms with Crippen LogP contribution in [0.3, 0.4) is 0 Å². The first-order valence-corrected chi connectivity index (χ1v) is 10.9. The number of allylic oxidation sites excluding steroid dienone is 1. The van der Waals surface area contributed by atoms with Crippen LogP contribution in [0.5, 0.6) is 0 Å². The quantitative estimate of drug-likeness (QED) is 0.132. The molecule has 4 heteroatoms. The van der Waals surface area contributed by atoms with Crippen LogP contribution in [0.1, 0.15) is 104 Å². The van der Waals surface area contributed by atoms with Gasteiger partial charge in [0.1, 0.15) is 0 Å². The van der Waals surface area contributed by atoms with Gasteiger partial charge in [-0.15, -0.1) is 0 Å². The fourth-order valence-corrected chi connectivity index (χ4v) is 2.68. The molecule has 0 amide bonds. The van der Waals surface area contributed by atoms with Crippen molar-refractivity contribution in [2.24, 2.45) is 0 Å². The molecule has 0 aromatic heterocycles. The summed E-state index contributed by atoms with van der Waals surface area (Å²) in [5, 5.41) is 0. The number of unbranched alkanes of at least 4 members (excludes halogenated alkanes) is 9. The largest absolute Gasteiger partial charge is 0.491 e. The lowest BCUT2D eigenvalue weighted by atomic mass is 10.1. The standard InChI is InChI=1S/C22H44O4/c1-5-8-11-12-13-14-17-21(24-18-15-9-6-2)22(26-20-23-4)25-19-16-10-7-3/h5-20H2,1-4H3. The molecular formula is C22H44O4. The van der Waals surface area contributed by atoms with Crippen LogP contribution in [0, 0.1) is 0 Å². The molecule has 0 saturated carbocycles. The lowest BCUT2D eigenvalue weighted by Gasteiger charge is -2.17. The smallest absolute Gasteiger partial charge is 0.321 e. The van der Waals surface area contributed by atoms with Gasteiger partial charge in [0.15, 0.2) is 12.6 Å². The minimum Gasteiger partial charge on any atom is -0.491 e. The second-order valence-electron chi connectivity index (χ2n) is 6.89. The van der Waals surface area contributed by atoms with Crippen LogP contribution in [-0.2, 0) is 18.9 Å². The molecule has 0 atom stereocenters. The van der Waals surface area contributed by atoms with Crippen molar-refractivity contribution in [3.05, 3.63) is 11.7 Å². The van der Waals surface area contributed by atoms with Gasteiger partial charge in [-0.2, -0.15) is 0 Å². The number of rotatable bonds is 20. The fraction of sp³-hybridized carbons (Fsp3) is 0.909. The molecule has 26 heavy (non-hydrogen) atoms. The molecule has 0 aromatic rings. The highest BCUT2D eigenvalue weighted by Gasteiger charge is 2.13. The Morgan fingerprint density at radius 1 is 0.577 bits per heavy atom. The zero-order valence-electron chi connectivity index (χ0n) is 17.9. The Morgan fingerprint density at radius 3 is 1.73 bits per heavy atom. The van der Waals surface area contributed by atoms with Crippen molar-refractivity contribution in [2.75, 3.05) is 27.1 Å². The summed E-state index contributed by atoms with van der Waals surface area (Å²) in [6.45, 7) is 8.25. The minimum atomic E-state index is 0.196. The number of methoxy groups -OCH3 is 1. The molecule has 0 aliphatic carbocycles. The normalized spacial score (nSPS) is 12.0. The molecule has 0 radical (unpaired) electrons. The monoisotopic (exact) mass is 372 g/mol. The van der Waals surface area contributed by atoms with E-state index >= 15 is 0 Å². The van der Waals surface area contributed by atoms with Crippen molar-refractivity contribution < 1.29 is 18.9 Å². The van der Waals surface area contributed by atoms with Crippen molar-refractivity contribution in [1.82, 2.24) is 0 Å². The molecule has 0 aromatic carbocycles. The fourth-order valence-electron chi connectivity index (χ4n) is 2.68. The van der Waals surface area contributed by atoms with Gasteiger partial charge >= 0.3 is 5.95 Å². The molecule has 0 saturated heterocycles. The maximum Gasteiger partial charge on any atom is 0.321 e. The maximum absolute atomic E-state index is 6.06. The summed E-state index contributed by atoms with van der Waals surface area (Å²) >= 11 is 0. The zero-order chi connectivity index (χ0) is 19.3. The predicted octanol–water partition coefficient (Wildman–Crippen LogP) is 6.94. The zero-order valence-corrected chi connectivity index (χ0v) is 17.9. The van der Waals surface area contributed by atoms with Gasteiger partial charge in [0.25, 0.3) is 0 Å². The van der Waals surface area contributed by atoms with Gasteiger partial charge in [-0.3, -0.25) is 0 Å². The Bertz CT molecular complexity index is 315. The van der Waals surface area contributed by atoms with E-state index in [4.69, 9.17) is 18.9 Å². The molecule has 4 nitrogen and oxygen atoms in total. The van der Waals surface area contributed by atoms with Crippen LogP contribution < -0.4 is 0 Å². The summed E-state index contributed by atoms with van der Waals surface area (Å²) in [5.41, 5.74) is 0. The highest BCUT2D eigenvalue weighted by molar-refractivity contribution is 4.95. The summed E-state index contributed by atoms with van der Waals surface area (Å²) in [5.74, 6) is 1.40. The molecule has 0 N–H and O–H groups in total. The first-order chi connectivity index (χ1) is 12.8. The molecule has 0 aliphatic rings. The van der Waals surface area contributed by atoms with Crippen molar-refractivity contribution in [2.45, 2.75) is 104 Å². The molecule has 0 bridgehead atoms. The molecule has 0 unspecified atom stereocenters. The molecule has 0 rings (SSSR count). The predicted molar refractivity (Wildman–Crippen MR) is 109 cm³/mol. The van der Waals surface area contributed by atoms with Crippen LogP contribution in [0.25, 0.3) is 0 Å². The van der Waals surface area contributed by atoms with E-state index in [1.165, 1.54) is 57.8 Å². The highest BCUT2D eigenvalue weighted by Crippen LogP contribution is 2.20. The average molecular weight is 373 g/mol. The number of ether oxygens (including phenoxy) is 4. The summed E-state index contributed by atoms with van der Waals surface area (Å²) in [4.78, 5) is 0. The van der Waals surface area contributed by atoms with Gasteiger partial charge in [0, 0.05) is 13.5 Å². The Hall–Kier alpha value is -0.900. The molecule has 156 valence electrons. The molecule has 0 fully saturated rings. The van der Waals surface area contributed by atoms with Crippen LogP contribution >= 0.6 is 0 Å². The van der Waals surface area contributed by atoms with Gasteiger partial charge in [0.2, 0.25) is 0 Å². The van der Waals surface area contributed by atoms with Crippen molar-refractivity contribution >= 4 is 0 Å². The molecule has 0 spiro atoms. The second-order valence-corrected chi connectivity index (χ2v) is 6.89. The summed E-state index contributed by atoms with van der Waals surface area (Å²) in [7, 11) is 1.63. The van der Waals surface area contributed by atoms with Crippen molar-refractivity contribution in [3.63, 3.8) is 0 Å². The number of hydrogen-bond acceptors (Lipinski definition) is 4. The highest BCUT2D eigenvalue weighted by atomic mass is 16.7. The van der Waals surface area contributed by atoms with Crippen LogP contribution in [-0.4, -0.2) is 27.1 Å². The van der Waals surface area contributed by atoms with Gasteiger partial charge in [-0.25, -0.2) is 0 Å². The molecular weight excluding hydrogens is 328 g/mol. The van der Waals surface area contributed by atoms with E-state index in [-0.39, 0.29) is 6.79 Å². The van der Waals surface area contributed by atoms with Crippen molar-refractivity contribution in [3.8, 4) is 0 Å². The molecule has 0 aliphatic heterocycles. The van der Waals surface area contributed by atoms with Gasteiger partial charge in [-0.05, 0) is 19.3 Å². The van der Waals surface area contributed by atoms with E-state index in [2.05, 4.69) is 20.8 Å². The van der Waals surface area contributed by atoms with E-state index in [1.807, 2.05) is 0 Å². The van der Waals surface area contributed by atoms with Crippen LogP contribution in [0.4, 0.5) is 0 Å². The lowest BCUT2D eigenvalue weighted by Crippen LogP contribution is -2.09. The van der Waals surface area contributed by atoms with E-state index in [9.17, 15) is 0 Å². The third-order valence-electron chi connectivity index (χ3n) is 4.30. The minimum absolute atomic E-state index is 0.196. The van der Waals surface area contributed by atoms with Gasteiger partial charge in [0.05, 0.1) is 13.2 Å². The van der Waals surface area contributed by atoms with E-state index in [0.717, 1.165) is 38.0 Å². The third kappa shape index (κ3) is 15.4. The topological polar surface area (TPSA) is 36.9 Å². The van der Waals surface area contributed by atoms with Gasteiger partial charge < -0.3 is 18.9 Å². The Morgan fingerprint density at radius 2 is 1.12 bits per heavy atom. The van der Waals surface area contributed by atoms with E-state index in [0.29, 0.717) is 12.6 Å². The Balaban J connectivity index is 4.62. The first-order valence-electron chi connectivity index (χ1n) is 10.9. The van der Waals surface area contributed by atoms with Crippen molar-refractivity contribution in [1.29, 1.82) is 0 Å². The summed E-state index contributed by atoms with van der Waals surface area (Å²) < 4.78 is 22.7. The number of hydrogen-bond donors (Lipinski definition) is 0. The maximum atomic E-state index is 6.06. The van der Waals surface area contributed by atoms with Crippen LogP contribution in [0.2, 0.25) is 0 Å². The van der Waals surface area contributed by atoms with Crippen LogP contribution in [0.15, 0.2) is 11.7 Å². The van der Waals surface area contributed by atoms with Gasteiger partial charge in [-0.1, -0.05) is 78.6 Å². The second kappa shape index (κ2) is 20.4.